The van der Waals surface area contributed by atoms with E-state index in [1.54, 1.807) is 0 Å². The molecule has 0 aliphatic rings. The number of nitrogens with two attached hydrogens (primary N) is 1. The maximum Gasteiger partial charge on any atom is 0.168 e. The van der Waals surface area contributed by atoms with Gasteiger partial charge in [-0.3, -0.25) is 0 Å². The zero-order valence-corrected chi connectivity index (χ0v) is 6.75. The number of benzene rings is 1. The van der Waals surface area contributed by atoms with Crippen LogP contribution in [0.3, 0.4) is 0 Å². The molecule has 1 aromatic rings. The van der Waals surface area contributed by atoms with Crippen molar-refractivity contribution in [1.29, 1.82) is 0 Å². The molecule has 0 atom stereocenters. The Labute approximate surface area is 72.3 Å². The van der Waals surface area contributed by atoms with Gasteiger partial charge in [0, 0.05) is 0 Å². The topological polar surface area (TPSA) is 46.2 Å². The molecule has 0 heterocycles. The molecule has 0 radical (unpaired) electrons. The standard InChI is InChI=1S/C6H4Cl2FNO/c7-2-1-3(10)5(9)4(8)6(2)11/h1,11H,10H2. The molecule has 0 aromatic heterocycles. The largest absolute Gasteiger partial charge is 0.505 e. The normalized spacial score (nSPS) is 10.1. The van der Waals surface area contributed by atoms with Crippen molar-refractivity contribution in [2.24, 2.45) is 0 Å². The predicted octanol–water partition coefficient (Wildman–Crippen LogP) is 2.42. The summed E-state index contributed by atoms with van der Waals surface area (Å²) >= 11 is 10.7. The first-order valence-electron chi connectivity index (χ1n) is 2.66. The van der Waals surface area contributed by atoms with E-state index in [-0.39, 0.29) is 10.7 Å². The number of nitrogen functional groups attached to an aromatic ring is 1. The number of aromatic hydroxyl groups is 1. The number of rotatable bonds is 0. The summed E-state index contributed by atoms with van der Waals surface area (Å²) in [5, 5.41) is 8.44. The van der Waals surface area contributed by atoms with E-state index in [2.05, 4.69) is 0 Å². The van der Waals surface area contributed by atoms with E-state index in [0.717, 1.165) is 6.07 Å². The second-order valence-electron chi connectivity index (χ2n) is 1.92. The highest BCUT2D eigenvalue weighted by Crippen LogP contribution is 2.36. The molecule has 0 bridgehead atoms. The number of anilines is 1. The first-order valence-corrected chi connectivity index (χ1v) is 3.41. The lowest BCUT2D eigenvalue weighted by Gasteiger charge is -2.02. The number of hydrogen-bond donors (Lipinski definition) is 2. The molecule has 0 aliphatic heterocycles. The number of phenolic OH excluding ortho intramolecular Hbond substituents is 1. The van der Waals surface area contributed by atoms with Gasteiger partial charge in [-0.25, -0.2) is 4.39 Å². The second-order valence-corrected chi connectivity index (χ2v) is 2.71. The van der Waals surface area contributed by atoms with E-state index in [1.165, 1.54) is 0 Å². The summed E-state index contributed by atoms with van der Waals surface area (Å²) in [5.74, 6) is -1.34. The average Bonchev–Trinajstić information content (AvgIpc) is 1.97. The van der Waals surface area contributed by atoms with Gasteiger partial charge in [-0.1, -0.05) is 23.2 Å². The van der Waals surface area contributed by atoms with Crippen molar-refractivity contribution in [2.45, 2.75) is 0 Å². The van der Waals surface area contributed by atoms with Crippen LogP contribution >= 0.6 is 23.2 Å². The number of hydrogen-bond acceptors (Lipinski definition) is 2. The Balaban J connectivity index is 3.46. The third-order valence-electron chi connectivity index (χ3n) is 1.16. The van der Waals surface area contributed by atoms with Crippen LogP contribution in [0.5, 0.6) is 5.75 Å². The van der Waals surface area contributed by atoms with Crippen LogP contribution in [0.15, 0.2) is 6.07 Å². The van der Waals surface area contributed by atoms with E-state index in [0.29, 0.717) is 0 Å². The van der Waals surface area contributed by atoms with Gasteiger partial charge in [0.25, 0.3) is 0 Å². The van der Waals surface area contributed by atoms with Crippen molar-refractivity contribution < 1.29 is 9.50 Å². The van der Waals surface area contributed by atoms with Crippen molar-refractivity contribution in [3.05, 3.63) is 21.9 Å². The lowest BCUT2D eigenvalue weighted by molar-refractivity contribution is 0.470. The SMILES string of the molecule is Nc1cc(Cl)c(O)c(Cl)c1F. The fourth-order valence-corrected chi connectivity index (χ4v) is 1.08. The minimum atomic E-state index is -0.853. The van der Waals surface area contributed by atoms with Crippen molar-refractivity contribution in [3.63, 3.8) is 0 Å². The van der Waals surface area contributed by atoms with Gasteiger partial charge in [0.15, 0.2) is 11.6 Å². The lowest BCUT2D eigenvalue weighted by atomic mass is 10.3. The Morgan fingerprint density at radius 2 is 2.00 bits per heavy atom. The summed E-state index contributed by atoms with van der Waals surface area (Å²) in [7, 11) is 0. The molecule has 5 heteroatoms. The van der Waals surface area contributed by atoms with E-state index in [4.69, 9.17) is 34.0 Å². The van der Waals surface area contributed by atoms with Gasteiger partial charge in [-0.05, 0) is 6.07 Å². The van der Waals surface area contributed by atoms with Gasteiger partial charge in [-0.15, -0.1) is 0 Å². The molecule has 0 unspecified atom stereocenters. The van der Waals surface area contributed by atoms with Crippen LogP contribution in [0.2, 0.25) is 10.0 Å². The van der Waals surface area contributed by atoms with Crippen LogP contribution in [0, 0.1) is 5.82 Å². The summed E-state index contributed by atoms with van der Waals surface area (Å²) in [6, 6.07) is 1.10. The summed E-state index contributed by atoms with van der Waals surface area (Å²) in [5.41, 5.74) is 4.95. The highest BCUT2D eigenvalue weighted by molar-refractivity contribution is 6.37. The lowest BCUT2D eigenvalue weighted by Crippen LogP contribution is -1.91. The summed E-state index contributed by atoms with van der Waals surface area (Å²) < 4.78 is 12.7. The van der Waals surface area contributed by atoms with Crippen LogP contribution in [-0.4, -0.2) is 5.11 Å². The third-order valence-corrected chi connectivity index (χ3v) is 1.80. The number of phenols is 1. The molecular formula is C6H4Cl2FNO. The molecule has 11 heavy (non-hydrogen) atoms. The van der Waals surface area contributed by atoms with Gasteiger partial charge in [-0.2, -0.15) is 0 Å². The Hall–Kier alpha value is -0.670. The molecule has 0 spiro atoms. The molecule has 60 valence electrons. The Morgan fingerprint density at radius 1 is 1.45 bits per heavy atom. The van der Waals surface area contributed by atoms with Gasteiger partial charge in [0.05, 0.1) is 10.7 Å². The van der Waals surface area contributed by atoms with Crippen LogP contribution in [0.1, 0.15) is 0 Å². The zero-order chi connectivity index (χ0) is 8.59. The van der Waals surface area contributed by atoms with Crippen molar-refractivity contribution in [1.82, 2.24) is 0 Å². The molecule has 0 fully saturated rings. The Kier molecular flexibility index (Phi) is 2.11. The molecule has 0 saturated carbocycles. The summed E-state index contributed by atoms with van der Waals surface area (Å²) in [4.78, 5) is 0. The van der Waals surface area contributed by atoms with Crippen LogP contribution in [0.25, 0.3) is 0 Å². The average molecular weight is 196 g/mol. The van der Waals surface area contributed by atoms with Crippen molar-refractivity contribution in [2.75, 3.05) is 5.73 Å². The zero-order valence-electron chi connectivity index (χ0n) is 5.24. The Bertz CT molecular complexity index is 277. The minimum absolute atomic E-state index is 0.0612. The van der Waals surface area contributed by atoms with E-state index in [9.17, 15) is 4.39 Å². The quantitative estimate of drug-likeness (QED) is 0.380. The summed E-state index contributed by atoms with van der Waals surface area (Å²) in [6.07, 6.45) is 0. The third kappa shape index (κ3) is 1.34. The summed E-state index contributed by atoms with van der Waals surface area (Å²) in [6.45, 7) is 0. The monoisotopic (exact) mass is 195 g/mol. The maximum absolute atomic E-state index is 12.7. The highest BCUT2D eigenvalue weighted by atomic mass is 35.5. The fourth-order valence-electron chi connectivity index (χ4n) is 0.604. The fraction of sp³-hybridized carbons (Fsp3) is 0. The molecule has 1 rings (SSSR count). The van der Waals surface area contributed by atoms with Gasteiger partial charge in [0.2, 0.25) is 0 Å². The second kappa shape index (κ2) is 2.75. The smallest absolute Gasteiger partial charge is 0.168 e. The maximum atomic E-state index is 12.7. The van der Waals surface area contributed by atoms with Crippen LogP contribution < -0.4 is 5.73 Å². The van der Waals surface area contributed by atoms with Crippen LogP contribution in [-0.2, 0) is 0 Å². The van der Waals surface area contributed by atoms with Crippen molar-refractivity contribution >= 4 is 28.9 Å². The van der Waals surface area contributed by atoms with Gasteiger partial charge < -0.3 is 10.8 Å². The molecular weight excluding hydrogens is 192 g/mol. The molecule has 0 amide bonds. The molecule has 1 aromatic carbocycles. The van der Waals surface area contributed by atoms with E-state index in [1.807, 2.05) is 0 Å². The first-order chi connectivity index (χ1) is 5.04. The molecule has 0 saturated heterocycles. The first kappa shape index (κ1) is 8.43. The Morgan fingerprint density at radius 3 is 2.55 bits per heavy atom. The highest BCUT2D eigenvalue weighted by Gasteiger charge is 2.12. The van der Waals surface area contributed by atoms with Crippen LogP contribution in [0.4, 0.5) is 10.1 Å². The molecule has 0 aliphatic carbocycles. The number of halogens is 3. The van der Waals surface area contributed by atoms with E-state index >= 15 is 0 Å². The predicted molar refractivity (Wildman–Crippen MR) is 42.5 cm³/mol. The van der Waals surface area contributed by atoms with Gasteiger partial charge in [0.1, 0.15) is 5.02 Å². The van der Waals surface area contributed by atoms with Crippen molar-refractivity contribution in [3.8, 4) is 5.75 Å². The minimum Gasteiger partial charge on any atom is -0.505 e. The van der Waals surface area contributed by atoms with Gasteiger partial charge >= 0.3 is 0 Å². The van der Waals surface area contributed by atoms with E-state index < -0.39 is 16.6 Å². The molecule has 2 nitrogen and oxygen atoms in total. The molecule has 3 N–H and O–H groups in total.